The van der Waals surface area contributed by atoms with Gasteiger partial charge < -0.3 is 25.0 Å². The Hall–Kier alpha value is -2.45. The molecule has 1 aliphatic carbocycles. The molecule has 1 fully saturated rings. The molecule has 1 heterocycles. The van der Waals surface area contributed by atoms with Gasteiger partial charge in [-0.3, -0.25) is 4.79 Å². The van der Waals surface area contributed by atoms with Gasteiger partial charge in [0, 0.05) is 32.0 Å². The molecule has 8 heteroatoms. The first-order valence-corrected chi connectivity index (χ1v) is 11.6. The molecule has 1 aliphatic heterocycles. The topological polar surface area (TPSA) is 79.9 Å². The number of hydrogen-bond acceptors (Lipinski definition) is 5. The number of benzene rings is 1. The van der Waals surface area contributed by atoms with E-state index in [9.17, 15) is 9.59 Å². The fourth-order valence-electron chi connectivity index (χ4n) is 4.30. The molecule has 7 nitrogen and oxygen atoms in total. The third kappa shape index (κ3) is 6.07. The summed E-state index contributed by atoms with van der Waals surface area (Å²) in [5.74, 6) is 0.278. The summed E-state index contributed by atoms with van der Waals surface area (Å²) in [6, 6.07) is 7.06. The summed E-state index contributed by atoms with van der Waals surface area (Å²) >= 11 is 5.46. The molecule has 174 valence electrons. The van der Waals surface area contributed by atoms with Crippen molar-refractivity contribution >= 4 is 34.9 Å². The number of esters is 1. The number of rotatable bonds is 9. The van der Waals surface area contributed by atoms with Crippen molar-refractivity contribution in [1.82, 2.24) is 10.2 Å². The summed E-state index contributed by atoms with van der Waals surface area (Å²) in [4.78, 5) is 27.1. The van der Waals surface area contributed by atoms with Crippen LogP contribution in [0.1, 0.15) is 57.1 Å². The van der Waals surface area contributed by atoms with Crippen molar-refractivity contribution in [2.24, 2.45) is 5.92 Å². The van der Waals surface area contributed by atoms with Gasteiger partial charge in [0.1, 0.15) is 6.61 Å². The van der Waals surface area contributed by atoms with Crippen molar-refractivity contribution in [3.05, 3.63) is 41.1 Å². The lowest BCUT2D eigenvalue weighted by Crippen LogP contribution is -2.46. The highest BCUT2D eigenvalue weighted by Crippen LogP contribution is 2.32. The Balaban J connectivity index is 1.74. The SMILES string of the molecule is COCCOC(=O)C1=C(C)N(C)C(=S)NC1c1cccc(NC(=O)CCC2CCCC2)c1. The first-order valence-electron chi connectivity index (χ1n) is 11.2. The van der Waals surface area contributed by atoms with Gasteiger partial charge in [0.25, 0.3) is 0 Å². The lowest BCUT2D eigenvalue weighted by molar-refractivity contribution is -0.140. The fourth-order valence-corrected chi connectivity index (χ4v) is 4.55. The number of carbonyl (C=O) groups is 2. The summed E-state index contributed by atoms with van der Waals surface area (Å²) in [5, 5.41) is 6.76. The molecule has 0 spiro atoms. The van der Waals surface area contributed by atoms with Crippen LogP contribution in [-0.4, -0.2) is 49.3 Å². The van der Waals surface area contributed by atoms with Gasteiger partial charge in [-0.2, -0.15) is 0 Å². The number of carbonyl (C=O) groups excluding carboxylic acids is 2. The maximum absolute atomic E-state index is 12.9. The zero-order chi connectivity index (χ0) is 23.1. The van der Waals surface area contributed by atoms with E-state index >= 15 is 0 Å². The molecule has 1 aromatic carbocycles. The van der Waals surface area contributed by atoms with Crippen LogP contribution in [-0.2, 0) is 19.1 Å². The van der Waals surface area contributed by atoms with Crippen molar-refractivity contribution in [2.75, 3.05) is 32.7 Å². The number of nitrogens with zero attached hydrogens (tertiary/aromatic N) is 1. The van der Waals surface area contributed by atoms with Crippen LogP contribution in [0, 0.1) is 5.92 Å². The van der Waals surface area contributed by atoms with Crippen molar-refractivity contribution in [1.29, 1.82) is 0 Å². The largest absolute Gasteiger partial charge is 0.460 e. The summed E-state index contributed by atoms with van der Waals surface area (Å²) in [5.41, 5.74) is 2.75. The predicted molar refractivity (Wildman–Crippen MR) is 128 cm³/mol. The molecule has 2 N–H and O–H groups in total. The quantitative estimate of drug-likeness (QED) is 0.329. The zero-order valence-corrected chi connectivity index (χ0v) is 19.9. The minimum atomic E-state index is -0.468. The molecular weight excluding hydrogens is 426 g/mol. The van der Waals surface area contributed by atoms with Gasteiger partial charge in [-0.05, 0) is 49.2 Å². The van der Waals surface area contributed by atoms with Crippen LogP contribution in [0.4, 0.5) is 5.69 Å². The van der Waals surface area contributed by atoms with Crippen molar-refractivity contribution < 1.29 is 19.1 Å². The second kappa shape index (κ2) is 11.4. The molecule has 0 aromatic heterocycles. The maximum atomic E-state index is 12.9. The van der Waals surface area contributed by atoms with Gasteiger partial charge in [0.05, 0.1) is 18.2 Å². The first-order chi connectivity index (χ1) is 15.4. The van der Waals surface area contributed by atoms with Crippen LogP contribution >= 0.6 is 12.2 Å². The Morgan fingerprint density at radius 3 is 2.72 bits per heavy atom. The van der Waals surface area contributed by atoms with Gasteiger partial charge >= 0.3 is 5.97 Å². The number of methoxy groups -OCH3 is 1. The van der Waals surface area contributed by atoms with Crippen molar-refractivity contribution in [3.8, 4) is 0 Å². The highest BCUT2D eigenvalue weighted by Gasteiger charge is 2.33. The second-order valence-corrected chi connectivity index (χ2v) is 8.82. The molecule has 2 aliphatic rings. The summed E-state index contributed by atoms with van der Waals surface area (Å²) < 4.78 is 10.4. The van der Waals surface area contributed by atoms with Crippen LogP contribution in [0.15, 0.2) is 35.5 Å². The van der Waals surface area contributed by atoms with Gasteiger partial charge in [-0.1, -0.05) is 37.8 Å². The Labute approximate surface area is 195 Å². The first kappa shape index (κ1) is 24.2. The standard InChI is InChI=1S/C24H33N3O4S/c1-16-21(23(29)31-14-13-30-3)22(26-24(32)27(16)2)18-9-6-10-19(15-18)25-20(28)12-11-17-7-4-5-8-17/h6,9-10,15,17,22H,4-5,7-8,11-14H2,1-3H3,(H,25,28)(H,26,32). The third-order valence-corrected chi connectivity index (χ3v) is 6.64. The molecule has 0 saturated heterocycles. The Kier molecular flexibility index (Phi) is 8.64. The molecule has 32 heavy (non-hydrogen) atoms. The highest BCUT2D eigenvalue weighted by molar-refractivity contribution is 7.80. The number of ether oxygens (including phenoxy) is 2. The van der Waals surface area contributed by atoms with E-state index in [0.717, 1.165) is 17.7 Å². The molecule has 0 radical (unpaired) electrons. The number of nitrogens with one attached hydrogen (secondary N) is 2. The number of allylic oxidation sites excluding steroid dienone is 1. The molecule has 1 saturated carbocycles. The maximum Gasteiger partial charge on any atom is 0.338 e. The molecule has 1 aromatic rings. The monoisotopic (exact) mass is 459 g/mol. The van der Waals surface area contributed by atoms with Gasteiger partial charge in [0.15, 0.2) is 5.11 Å². The molecule has 1 atom stereocenters. The molecular formula is C24H33N3O4S. The molecule has 1 amide bonds. The van der Waals surface area contributed by atoms with Crippen LogP contribution in [0.2, 0.25) is 0 Å². The lowest BCUT2D eigenvalue weighted by Gasteiger charge is -2.35. The Bertz CT molecular complexity index is 880. The van der Waals surface area contributed by atoms with E-state index in [4.69, 9.17) is 21.7 Å². The number of anilines is 1. The summed E-state index contributed by atoms with van der Waals surface area (Å²) in [6.07, 6.45) is 6.50. The normalized spacial score (nSPS) is 19.2. The van der Waals surface area contributed by atoms with E-state index in [1.807, 2.05) is 38.2 Å². The minimum Gasteiger partial charge on any atom is -0.460 e. The smallest absolute Gasteiger partial charge is 0.338 e. The van der Waals surface area contributed by atoms with E-state index in [0.29, 0.717) is 35.3 Å². The van der Waals surface area contributed by atoms with Gasteiger partial charge in [-0.15, -0.1) is 0 Å². The average Bonchev–Trinajstić information content (AvgIpc) is 3.30. The van der Waals surface area contributed by atoms with Crippen molar-refractivity contribution in [3.63, 3.8) is 0 Å². The van der Waals surface area contributed by atoms with Crippen molar-refractivity contribution in [2.45, 2.75) is 51.5 Å². The van der Waals surface area contributed by atoms with E-state index in [1.54, 1.807) is 12.0 Å². The van der Waals surface area contributed by atoms with Crippen LogP contribution in [0.5, 0.6) is 0 Å². The lowest BCUT2D eigenvalue weighted by atomic mass is 9.94. The number of hydrogen-bond donors (Lipinski definition) is 2. The third-order valence-electron chi connectivity index (χ3n) is 6.25. The van der Waals surface area contributed by atoms with E-state index < -0.39 is 12.0 Å². The summed E-state index contributed by atoms with van der Waals surface area (Å²) in [7, 11) is 3.37. The average molecular weight is 460 g/mol. The Morgan fingerprint density at radius 1 is 1.25 bits per heavy atom. The van der Waals surface area contributed by atoms with E-state index in [1.165, 1.54) is 25.7 Å². The van der Waals surface area contributed by atoms with Gasteiger partial charge in [0.2, 0.25) is 5.91 Å². The predicted octanol–water partition coefficient (Wildman–Crippen LogP) is 3.92. The molecule has 3 rings (SSSR count). The highest BCUT2D eigenvalue weighted by atomic mass is 32.1. The molecule has 0 bridgehead atoms. The van der Waals surface area contributed by atoms with Gasteiger partial charge in [-0.25, -0.2) is 4.79 Å². The second-order valence-electron chi connectivity index (χ2n) is 8.43. The zero-order valence-electron chi connectivity index (χ0n) is 19.1. The van der Waals surface area contributed by atoms with E-state index in [-0.39, 0.29) is 12.5 Å². The van der Waals surface area contributed by atoms with Crippen LogP contribution < -0.4 is 10.6 Å². The number of amides is 1. The number of thiocarbonyl (C=S) groups is 1. The van der Waals surface area contributed by atoms with E-state index in [2.05, 4.69) is 10.6 Å². The minimum absolute atomic E-state index is 0.0202. The molecule has 1 unspecified atom stereocenters. The summed E-state index contributed by atoms with van der Waals surface area (Å²) in [6.45, 7) is 2.35. The van der Waals surface area contributed by atoms with Crippen LogP contribution in [0.25, 0.3) is 0 Å². The van der Waals surface area contributed by atoms with Crippen LogP contribution in [0.3, 0.4) is 0 Å². The fraction of sp³-hybridized carbons (Fsp3) is 0.542. The Morgan fingerprint density at radius 2 is 2.00 bits per heavy atom.